The predicted molar refractivity (Wildman–Crippen MR) is 87.3 cm³/mol. The van der Waals surface area contributed by atoms with Gasteiger partial charge in [0.05, 0.1) is 12.3 Å². The van der Waals surface area contributed by atoms with Gasteiger partial charge < -0.3 is 9.30 Å². The van der Waals surface area contributed by atoms with Gasteiger partial charge in [0.25, 0.3) is 0 Å². The van der Waals surface area contributed by atoms with E-state index in [0.29, 0.717) is 6.61 Å². The van der Waals surface area contributed by atoms with E-state index in [1.807, 2.05) is 11.6 Å². The van der Waals surface area contributed by atoms with E-state index in [9.17, 15) is 0 Å². The van der Waals surface area contributed by atoms with Crippen molar-refractivity contribution in [2.45, 2.75) is 39.5 Å². The number of rotatable bonds is 5. The number of hydrogen-bond donors (Lipinski definition) is 0. The van der Waals surface area contributed by atoms with E-state index in [0.717, 1.165) is 54.8 Å². The van der Waals surface area contributed by atoms with Crippen LogP contribution in [0.5, 0.6) is 0 Å². The highest BCUT2D eigenvalue weighted by Crippen LogP contribution is 2.26. The van der Waals surface area contributed by atoms with Crippen LogP contribution in [0, 0.1) is 0 Å². The third kappa shape index (κ3) is 3.27. The van der Waals surface area contributed by atoms with Crippen LogP contribution in [0.15, 0.2) is 6.33 Å². The molecule has 2 aromatic heterocycles. The predicted octanol–water partition coefficient (Wildman–Crippen LogP) is 1.82. The zero-order valence-electron chi connectivity index (χ0n) is 13.9. The lowest BCUT2D eigenvalue weighted by atomic mass is 10.1. The lowest BCUT2D eigenvalue weighted by Gasteiger charge is -2.32. The van der Waals surface area contributed by atoms with E-state index in [1.165, 1.54) is 0 Å². The van der Waals surface area contributed by atoms with Gasteiger partial charge in [-0.2, -0.15) is 5.10 Å². The van der Waals surface area contributed by atoms with Crippen molar-refractivity contribution in [1.29, 1.82) is 0 Å². The molecule has 0 aromatic carbocycles. The fraction of sp³-hybridized carbons (Fsp3) is 0.667. The van der Waals surface area contributed by atoms with Crippen molar-refractivity contribution in [1.82, 2.24) is 29.4 Å². The minimum atomic E-state index is -0.0493. The highest BCUT2D eigenvalue weighted by molar-refractivity contribution is 6.30. The number of nitrogens with zero attached hydrogens (tertiary/aromatic N) is 6. The molecule has 1 atom stereocenters. The number of morpholine rings is 1. The molecular weight excluding hydrogens is 316 g/mol. The molecular formula is C15H23ClN6O. The van der Waals surface area contributed by atoms with Crippen molar-refractivity contribution in [2.24, 2.45) is 7.05 Å². The zero-order valence-corrected chi connectivity index (χ0v) is 14.6. The van der Waals surface area contributed by atoms with Gasteiger partial charge in [0.15, 0.2) is 5.82 Å². The van der Waals surface area contributed by atoms with Crippen LogP contribution in [-0.4, -0.2) is 49.1 Å². The Morgan fingerprint density at radius 2 is 2.22 bits per heavy atom. The van der Waals surface area contributed by atoms with Gasteiger partial charge in [-0.1, -0.05) is 18.5 Å². The molecule has 3 heterocycles. The molecule has 0 N–H and O–H groups in total. The number of halogens is 1. The van der Waals surface area contributed by atoms with Crippen molar-refractivity contribution in [3.63, 3.8) is 0 Å². The Morgan fingerprint density at radius 3 is 2.96 bits per heavy atom. The van der Waals surface area contributed by atoms with Gasteiger partial charge in [-0.3, -0.25) is 9.58 Å². The van der Waals surface area contributed by atoms with Gasteiger partial charge in [0.1, 0.15) is 17.6 Å². The van der Waals surface area contributed by atoms with E-state index >= 15 is 0 Å². The summed E-state index contributed by atoms with van der Waals surface area (Å²) in [6.07, 6.45) is 2.59. The first-order valence-corrected chi connectivity index (χ1v) is 8.43. The van der Waals surface area contributed by atoms with Crippen LogP contribution in [-0.2, 0) is 31.3 Å². The fourth-order valence-corrected chi connectivity index (χ4v) is 3.23. The van der Waals surface area contributed by atoms with Gasteiger partial charge in [-0.15, -0.1) is 10.2 Å². The number of aromatic nitrogens is 5. The molecule has 0 spiro atoms. The van der Waals surface area contributed by atoms with Crippen LogP contribution in [0.2, 0.25) is 5.15 Å². The average molecular weight is 339 g/mol. The molecule has 0 amide bonds. The molecule has 1 unspecified atom stereocenters. The van der Waals surface area contributed by atoms with Gasteiger partial charge in [-0.05, 0) is 13.3 Å². The first kappa shape index (κ1) is 16.4. The van der Waals surface area contributed by atoms with Crippen molar-refractivity contribution >= 4 is 11.6 Å². The minimum absolute atomic E-state index is 0.0493. The van der Waals surface area contributed by atoms with E-state index in [2.05, 4.69) is 34.0 Å². The SMILES string of the molecule is CCc1nn(C)c(Cl)c1CN1CCOC(c2nncn2CC)C1. The topological polar surface area (TPSA) is 61.0 Å². The first-order chi connectivity index (χ1) is 11.1. The Labute approximate surface area is 141 Å². The Hall–Kier alpha value is -1.44. The van der Waals surface area contributed by atoms with Crippen molar-refractivity contribution < 1.29 is 4.74 Å². The Bertz CT molecular complexity index is 667. The molecule has 0 aliphatic carbocycles. The largest absolute Gasteiger partial charge is 0.368 e. The molecule has 1 aliphatic heterocycles. The molecule has 1 saturated heterocycles. The molecule has 2 aromatic rings. The number of ether oxygens (including phenoxy) is 1. The lowest BCUT2D eigenvalue weighted by molar-refractivity contribution is -0.0389. The minimum Gasteiger partial charge on any atom is -0.368 e. The molecule has 1 aliphatic rings. The molecule has 0 radical (unpaired) electrons. The third-order valence-electron chi connectivity index (χ3n) is 4.29. The maximum Gasteiger partial charge on any atom is 0.163 e. The first-order valence-electron chi connectivity index (χ1n) is 8.05. The normalized spacial score (nSPS) is 19.4. The summed E-state index contributed by atoms with van der Waals surface area (Å²) in [4.78, 5) is 2.35. The second-order valence-electron chi connectivity index (χ2n) is 5.76. The molecule has 23 heavy (non-hydrogen) atoms. The van der Waals surface area contributed by atoms with E-state index in [1.54, 1.807) is 11.0 Å². The molecule has 0 bridgehead atoms. The van der Waals surface area contributed by atoms with Crippen molar-refractivity contribution in [2.75, 3.05) is 19.7 Å². The Kier molecular flexibility index (Phi) is 4.99. The monoisotopic (exact) mass is 338 g/mol. The standard InChI is InChI=1S/C15H23ClN6O/c1-4-12-11(14(16)20(3)19-12)8-21-6-7-23-13(9-21)15-18-17-10-22(15)5-2/h10,13H,4-9H2,1-3H3. The molecule has 8 heteroatoms. The molecule has 3 rings (SSSR count). The van der Waals surface area contributed by atoms with Crippen LogP contribution in [0.1, 0.15) is 37.0 Å². The van der Waals surface area contributed by atoms with Crippen molar-refractivity contribution in [3.8, 4) is 0 Å². The van der Waals surface area contributed by atoms with Gasteiger partial charge >= 0.3 is 0 Å². The van der Waals surface area contributed by atoms with E-state index in [4.69, 9.17) is 16.3 Å². The summed E-state index contributed by atoms with van der Waals surface area (Å²) < 4.78 is 9.69. The molecule has 126 valence electrons. The molecule has 1 fully saturated rings. The maximum atomic E-state index is 6.41. The summed E-state index contributed by atoms with van der Waals surface area (Å²) in [6, 6.07) is 0. The second-order valence-corrected chi connectivity index (χ2v) is 6.12. The van der Waals surface area contributed by atoms with Gasteiger partial charge in [-0.25, -0.2) is 0 Å². The van der Waals surface area contributed by atoms with Crippen LogP contribution >= 0.6 is 11.6 Å². The highest BCUT2D eigenvalue weighted by Gasteiger charge is 2.27. The number of hydrogen-bond acceptors (Lipinski definition) is 5. The van der Waals surface area contributed by atoms with Crippen molar-refractivity contribution in [3.05, 3.63) is 28.6 Å². The highest BCUT2D eigenvalue weighted by atomic mass is 35.5. The van der Waals surface area contributed by atoms with Crippen LogP contribution < -0.4 is 0 Å². The summed E-state index contributed by atoms with van der Waals surface area (Å²) in [5.41, 5.74) is 2.19. The van der Waals surface area contributed by atoms with E-state index < -0.39 is 0 Å². The summed E-state index contributed by atoms with van der Waals surface area (Å²) in [5, 5.41) is 13.4. The summed E-state index contributed by atoms with van der Waals surface area (Å²) in [5.74, 6) is 0.894. The molecule has 7 nitrogen and oxygen atoms in total. The summed E-state index contributed by atoms with van der Waals surface area (Å²) in [6.45, 7) is 8.16. The quantitative estimate of drug-likeness (QED) is 0.832. The average Bonchev–Trinajstić information content (AvgIpc) is 3.15. The summed E-state index contributed by atoms with van der Waals surface area (Å²) >= 11 is 6.41. The maximum absolute atomic E-state index is 6.41. The third-order valence-corrected chi connectivity index (χ3v) is 4.77. The Morgan fingerprint density at radius 1 is 1.39 bits per heavy atom. The number of aryl methyl sites for hydroxylation is 3. The van der Waals surface area contributed by atoms with Gasteiger partial charge in [0.2, 0.25) is 0 Å². The second kappa shape index (κ2) is 6.98. The zero-order chi connectivity index (χ0) is 16.4. The molecule has 0 saturated carbocycles. The van der Waals surface area contributed by atoms with Gasteiger partial charge in [0, 0.05) is 38.8 Å². The van der Waals surface area contributed by atoms with Crippen LogP contribution in [0.3, 0.4) is 0 Å². The fourth-order valence-electron chi connectivity index (χ4n) is 3.02. The summed E-state index contributed by atoms with van der Waals surface area (Å²) in [7, 11) is 1.89. The van der Waals surface area contributed by atoms with E-state index in [-0.39, 0.29) is 6.10 Å². The van der Waals surface area contributed by atoms with Crippen LogP contribution in [0.4, 0.5) is 0 Å². The van der Waals surface area contributed by atoms with Crippen LogP contribution in [0.25, 0.3) is 0 Å². The lowest BCUT2D eigenvalue weighted by Crippen LogP contribution is -2.38. The Balaban J connectivity index is 1.75. The smallest absolute Gasteiger partial charge is 0.163 e.